The van der Waals surface area contributed by atoms with Gasteiger partial charge in [0.05, 0.1) is 11.8 Å². The van der Waals surface area contributed by atoms with Crippen molar-refractivity contribution >= 4 is 17.8 Å². The lowest BCUT2D eigenvalue weighted by Crippen LogP contribution is -2.45. The fraction of sp³-hybridized carbons (Fsp3) is 0.450. The lowest BCUT2D eigenvalue weighted by Gasteiger charge is -2.37. The number of ether oxygens (including phenoxy) is 1. The Balaban J connectivity index is 1.39. The van der Waals surface area contributed by atoms with E-state index in [-0.39, 0.29) is 35.5 Å². The number of allylic oxidation sites excluding steroid dienone is 2. The summed E-state index contributed by atoms with van der Waals surface area (Å²) in [5.41, 5.74) is 0. The molecule has 2 bridgehead atoms. The van der Waals surface area contributed by atoms with Crippen LogP contribution in [0, 0.1) is 35.5 Å². The van der Waals surface area contributed by atoms with Crippen LogP contribution < -0.4 is 4.74 Å². The predicted molar refractivity (Wildman–Crippen MR) is 88.1 cm³/mol. The SMILES string of the molecule is C[C@H](C(=O)Oc1ccccc1)N1C(=O)[C@@H]2[C@H]3C=C[C@@H]([C@@H]4C[C@H]34)[C@@H]2C1=O. The smallest absolute Gasteiger partial charge is 0.334 e. The number of carbonyl (C=O) groups is 3. The van der Waals surface area contributed by atoms with Crippen LogP contribution in [0.3, 0.4) is 0 Å². The Morgan fingerprint density at radius 1 is 1.04 bits per heavy atom. The van der Waals surface area contributed by atoms with Crippen molar-refractivity contribution in [1.29, 1.82) is 0 Å². The van der Waals surface area contributed by atoms with Crippen LogP contribution in [0.2, 0.25) is 0 Å². The maximum absolute atomic E-state index is 13.0. The standard InChI is InChI=1S/C20H19NO4/c1-10(20(24)25-11-5-3-2-4-6-11)21-18(22)16-12-7-8-13(15-9-14(12)15)17(16)19(21)23/h2-8,10,12-17H,9H2,1H3/t10-,12+,13+,14-,15+,16-,17+/m1/s1. The van der Waals surface area contributed by atoms with Crippen LogP contribution in [-0.4, -0.2) is 28.7 Å². The molecule has 3 fully saturated rings. The maximum atomic E-state index is 13.0. The molecule has 5 nitrogen and oxygen atoms in total. The second-order valence-corrected chi connectivity index (χ2v) is 7.61. The summed E-state index contributed by atoms with van der Waals surface area (Å²) in [5, 5.41) is 0. The van der Waals surface area contributed by atoms with E-state index in [1.54, 1.807) is 31.2 Å². The zero-order chi connectivity index (χ0) is 17.3. The average molecular weight is 337 g/mol. The molecule has 6 rings (SSSR count). The summed E-state index contributed by atoms with van der Waals surface area (Å²) < 4.78 is 5.34. The van der Waals surface area contributed by atoms with Crippen molar-refractivity contribution in [3.63, 3.8) is 0 Å². The van der Waals surface area contributed by atoms with Crippen LogP contribution in [0.1, 0.15) is 13.3 Å². The minimum Gasteiger partial charge on any atom is -0.425 e. The molecule has 5 heteroatoms. The van der Waals surface area contributed by atoms with Gasteiger partial charge < -0.3 is 4.74 Å². The van der Waals surface area contributed by atoms with Gasteiger partial charge >= 0.3 is 5.97 Å². The highest BCUT2D eigenvalue weighted by Crippen LogP contribution is 2.65. The van der Waals surface area contributed by atoms with Gasteiger partial charge in [0, 0.05) is 0 Å². The number of likely N-dealkylation sites (tertiary alicyclic amines) is 1. The summed E-state index contributed by atoms with van der Waals surface area (Å²) in [4.78, 5) is 39.6. The van der Waals surface area contributed by atoms with Gasteiger partial charge in [-0.05, 0) is 49.1 Å². The third-order valence-electron chi connectivity index (χ3n) is 6.39. The first-order valence-corrected chi connectivity index (χ1v) is 8.90. The molecule has 0 N–H and O–H groups in total. The van der Waals surface area contributed by atoms with E-state index in [0.29, 0.717) is 17.6 Å². The van der Waals surface area contributed by atoms with E-state index >= 15 is 0 Å². The zero-order valence-electron chi connectivity index (χ0n) is 13.9. The fourth-order valence-electron chi connectivity index (χ4n) is 5.16. The number of nitrogens with zero attached hydrogens (tertiary/aromatic N) is 1. The van der Waals surface area contributed by atoms with Crippen molar-refractivity contribution < 1.29 is 19.1 Å². The Bertz CT molecular complexity index is 765. The van der Waals surface area contributed by atoms with Crippen LogP contribution in [0.15, 0.2) is 42.5 Å². The molecule has 0 radical (unpaired) electrons. The van der Waals surface area contributed by atoms with Crippen molar-refractivity contribution in [2.75, 3.05) is 0 Å². The molecule has 4 aliphatic carbocycles. The Labute approximate surface area is 145 Å². The van der Waals surface area contributed by atoms with Crippen LogP contribution >= 0.6 is 0 Å². The third kappa shape index (κ3) is 1.98. The fourth-order valence-corrected chi connectivity index (χ4v) is 5.16. The summed E-state index contributed by atoms with van der Waals surface area (Å²) in [6.07, 6.45) is 5.38. The van der Waals surface area contributed by atoms with Crippen molar-refractivity contribution in [2.24, 2.45) is 35.5 Å². The van der Waals surface area contributed by atoms with E-state index in [0.717, 1.165) is 6.42 Å². The molecule has 1 heterocycles. The first kappa shape index (κ1) is 14.9. The molecular formula is C20H19NO4. The number of carbonyl (C=O) groups excluding carboxylic acids is 3. The first-order chi connectivity index (χ1) is 12.1. The number of imide groups is 1. The van der Waals surface area contributed by atoms with Gasteiger partial charge in [-0.2, -0.15) is 0 Å². The molecule has 0 unspecified atom stereocenters. The number of rotatable bonds is 3. The van der Waals surface area contributed by atoms with Crippen LogP contribution in [0.5, 0.6) is 5.75 Å². The molecule has 128 valence electrons. The highest BCUT2D eigenvalue weighted by Gasteiger charge is 2.67. The Kier molecular flexibility index (Phi) is 3.00. The van der Waals surface area contributed by atoms with Crippen LogP contribution in [0.4, 0.5) is 0 Å². The summed E-state index contributed by atoms with van der Waals surface area (Å²) in [5.74, 6) is 0.332. The predicted octanol–water partition coefficient (Wildman–Crippen LogP) is 2.03. The molecule has 1 saturated heterocycles. The van der Waals surface area contributed by atoms with Gasteiger partial charge in [0.1, 0.15) is 11.8 Å². The van der Waals surface area contributed by atoms with Gasteiger partial charge in [-0.3, -0.25) is 14.5 Å². The number of amides is 2. The van der Waals surface area contributed by atoms with Gasteiger partial charge in [-0.25, -0.2) is 4.79 Å². The van der Waals surface area contributed by atoms with E-state index in [4.69, 9.17) is 4.74 Å². The number of hydrogen-bond acceptors (Lipinski definition) is 4. The number of para-hydroxylation sites is 1. The van der Waals surface area contributed by atoms with E-state index in [1.165, 1.54) is 4.90 Å². The minimum atomic E-state index is -0.901. The molecule has 0 spiro atoms. The minimum absolute atomic E-state index is 0.166. The van der Waals surface area contributed by atoms with E-state index in [1.807, 2.05) is 6.07 Å². The quantitative estimate of drug-likeness (QED) is 0.366. The summed E-state index contributed by atoms with van der Waals surface area (Å²) in [6.45, 7) is 1.58. The van der Waals surface area contributed by atoms with Crippen molar-refractivity contribution in [1.82, 2.24) is 4.90 Å². The maximum Gasteiger partial charge on any atom is 0.334 e. The highest BCUT2D eigenvalue weighted by molar-refractivity contribution is 6.08. The van der Waals surface area contributed by atoms with Crippen LogP contribution in [-0.2, 0) is 14.4 Å². The molecule has 2 amide bonds. The molecular weight excluding hydrogens is 318 g/mol. The monoisotopic (exact) mass is 337 g/mol. The summed E-state index contributed by atoms with van der Waals surface area (Å²) >= 11 is 0. The number of benzene rings is 1. The molecule has 1 aliphatic heterocycles. The first-order valence-electron chi connectivity index (χ1n) is 8.90. The molecule has 25 heavy (non-hydrogen) atoms. The number of hydrogen-bond donors (Lipinski definition) is 0. The highest BCUT2D eigenvalue weighted by atomic mass is 16.5. The zero-order valence-corrected chi connectivity index (χ0v) is 13.9. The second-order valence-electron chi connectivity index (χ2n) is 7.61. The molecule has 1 aromatic carbocycles. The topological polar surface area (TPSA) is 63.7 Å². The number of esters is 1. The van der Waals surface area contributed by atoms with E-state index in [2.05, 4.69) is 12.2 Å². The lowest BCUT2D eigenvalue weighted by molar-refractivity contribution is -0.152. The van der Waals surface area contributed by atoms with Gasteiger partial charge in [0.15, 0.2) is 0 Å². The largest absolute Gasteiger partial charge is 0.425 e. The molecule has 5 aliphatic rings. The van der Waals surface area contributed by atoms with Gasteiger partial charge in [0.2, 0.25) is 11.8 Å². The second kappa shape index (κ2) is 5.04. The Morgan fingerprint density at radius 3 is 2.16 bits per heavy atom. The van der Waals surface area contributed by atoms with Gasteiger partial charge in [0.25, 0.3) is 0 Å². The van der Waals surface area contributed by atoms with Crippen molar-refractivity contribution in [2.45, 2.75) is 19.4 Å². The van der Waals surface area contributed by atoms with Gasteiger partial charge in [-0.15, -0.1) is 0 Å². The summed E-state index contributed by atoms with van der Waals surface area (Å²) in [6, 6.07) is 7.81. The lowest BCUT2D eigenvalue weighted by atomic mass is 9.63. The van der Waals surface area contributed by atoms with Gasteiger partial charge in [-0.1, -0.05) is 30.4 Å². The Morgan fingerprint density at radius 2 is 1.60 bits per heavy atom. The molecule has 0 aromatic heterocycles. The van der Waals surface area contributed by atoms with Crippen molar-refractivity contribution in [3.8, 4) is 5.75 Å². The molecule has 1 aromatic rings. The van der Waals surface area contributed by atoms with Crippen molar-refractivity contribution in [3.05, 3.63) is 42.5 Å². The summed E-state index contributed by atoms with van der Waals surface area (Å²) in [7, 11) is 0. The average Bonchev–Trinajstić information content (AvgIpc) is 3.40. The normalized spacial score (nSPS) is 38.4. The molecule has 7 atom stereocenters. The van der Waals surface area contributed by atoms with E-state index in [9.17, 15) is 14.4 Å². The Hall–Kier alpha value is -2.43. The van der Waals surface area contributed by atoms with Crippen LogP contribution in [0.25, 0.3) is 0 Å². The third-order valence-corrected chi connectivity index (χ3v) is 6.39. The van der Waals surface area contributed by atoms with E-state index < -0.39 is 12.0 Å². The molecule has 2 saturated carbocycles.